The largest absolute Gasteiger partial charge is 0.506 e. The zero-order valence-electron chi connectivity index (χ0n) is 12.5. The summed E-state index contributed by atoms with van der Waals surface area (Å²) in [5, 5.41) is 10.1. The van der Waals surface area contributed by atoms with E-state index in [0.29, 0.717) is 21.2 Å². The molecule has 0 atom stereocenters. The second-order valence-electron chi connectivity index (χ2n) is 5.21. The van der Waals surface area contributed by atoms with Crippen LogP contribution < -0.4 is 0 Å². The first-order valence-electron chi connectivity index (χ1n) is 7.03. The van der Waals surface area contributed by atoms with Crippen molar-refractivity contribution in [1.82, 2.24) is 4.90 Å². The number of halogens is 3. The molecule has 128 valence electrons. The summed E-state index contributed by atoms with van der Waals surface area (Å²) in [6.07, 6.45) is 1.56. The fourth-order valence-corrected chi connectivity index (χ4v) is 3.72. The lowest BCUT2D eigenvalue weighted by Crippen LogP contribution is -2.27. The highest BCUT2D eigenvalue weighted by Gasteiger charge is 2.35. The van der Waals surface area contributed by atoms with Gasteiger partial charge in [-0.2, -0.15) is 0 Å². The van der Waals surface area contributed by atoms with Crippen molar-refractivity contribution in [3.05, 3.63) is 67.5 Å². The summed E-state index contributed by atoms with van der Waals surface area (Å²) in [6, 6.07) is 9.43. The van der Waals surface area contributed by atoms with E-state index >= 15 is 0 Å². The van der Waals surface area contributed by atoms with Gasteiger partial charge in [0.25, 0.3) is 11.1 Å². The van der Waals surface area contributed by atoms with Gasteiger partial charge in [0, 0.05) is 10.0 Å². The van der Waals surface area contributed by atoms with Crippen LogP contribution in [0.2, 0.25) is 15.1 Å². The van der Waals surface area contributed by atoms with Gasteiger partial charge in [-0.05, 0) is 53.2 Å². The van der Waals surface area contributed by atoms with Crippen LogP contribution in [0.4, 0.5) is 4.79 Å². The van der Waals surface area contributed by atoms with Crippen molar-refractivity contribution in [2.24, 2.45) is 0 Å². The van der Waals surface area contributed by atoms with Crippen molar-refractivity contribution in [2.75, 3.05) is 0 Å². The van der Waals surface area contributed by atoms with Crippen LogP contribution in [0.3, 0.4) is 0 Å². The van der Waals surface area contributed by atoms with E-state index < -0.39 is 5.91 Å². The fourth-order valence-electron chi connectivity index (χ4n) is 2.22. The van der Waals surface area contributed by atoms with E-state index in [1.165, 1.54) is 12.1 Å². The second-order valence-corrected chi connectivity index (χ2v) is 7.46. The molecule has 0 saturated carbocycles. The third-order valence-corrected chi connectivity index (χ3v) is 5.28. The van der Waals surface area contributed by atoms with Crippen molar-refractivity contribution in [2.45, 2.75) is 6.54 Å². The van der Waals surface area contributed by atoms with Crippen molar-refractivity contribution in [3.63, 3.8) is 0 Å². The van der Waals surface area contributed by atoms with Crippen LogP contribution in [0, 0.1) is 0 Å². The van der Waals surface area contributed by atoms with Gasteiger partial charge in [0.15, 0.2) is 0 Å². The lowest BCUT2D eigenvalue weighted by atomic mass is 10.2. The number of hydrogen-bond donors (Lipinski definition) is 1. The maximum Gasteiger partial charge on any atom is 0.293 e. The summed E-state index contributed by atoms with van der Waals surface area (Å²) in [7, 11) is 0. The Bertz CT molecular complexity index is 914. The number of carbonyl (C=O) groups is 2. The van der Waals surface area contributed by atoms with Crippen LogP contribution in [0.5, 0.6) is 5.75 Å². The van der Waals surface area contributed by atoms with E-state index in [4.69, 9.17) is 34.8 Å². The molecule has 0 radical (unpaired) electrons. The SMILES string of the molecule is O=C1S/C(=C/c2ccc(O)c(Cl)c2)C(=O)N1Cc1ccc(Cl)cc1Cl. The molecule has 1 fully saturated rings. The Kier molecular flexibility index (Phi) is 5.29. The highest BCUT2D eigenvalue weighted by atomic mass is 35.5. The van der Waals surface area contributed by atoms with E-state index in [1.807, 2.05) is 0 Å². The van der Waals surface area contributed by atoms with E-state index in [1.54, 1.807) is 30.3 Å². The lowest BCUT2D eigenvalue weighted by Gasteiger charge is -2.13. The minimum Gasteiger partial charge on any atom is -0.506 e. The number of nitrogens with zero attached hydrogens (tertiary/aromatic N) is 1. The molecule has 0 aromatic heterocycles. The van der Waals surface area contributed by atoms with Gasteiger partial charge < -0.3 is 5.11 Å². The second kappa shape index (κ2) is 7.30. The van der Waals surface area contributed by atoms with Crippen LogP contribution in [0.15, 0.2) is 41.3 Å². The molecule has 2 aromatic carbocycles. The summed E-state index contributed by atoms with van der Waals surface area (Å²) in [5.41, 5.74) is 1.24. The molecule has 1 N–H and O–H groups in total. The van der Waals surface area contributed by atoms with Crippen molar-refractivity contribution >= 4 is 63.8 Å². The number of carbonyl (C=O) groups excluding carboxylic acids is 2. The third kappa shape index (κ3) is 3.96. The Hall–Kier alpha value is -1.66. The molecule has 1 aliphatic heterocycles. The quantitative estimate of drug-likeness (QED) is 0.665. The number of rotatable bonds is 3. The molecule has 1 aliphatic rings. The Morgan fingerprint density at radius 1 is 1.04 bits per heavy atom. The highest BCUT2D eigenvalue weighted by Crippen LogP contribution is 2.35. The van der Waals surface area contributed by atoms with Crippen LogP contribution in [-0.4, -0.2) is 21.2 Å². The third-order valence-electron chi connectivity index (χ3n) is 3.49. The van der Waals surface area contributed by atoms with Crippen LogP contribution in [0.1, 0.15) is 11.1 Å². The molecule has 1 heterocycles. The van der Waals surface area contributed by atoms with E-state index in [9.17, 15) is 14.7 Å². The smallest absolute Gasteiger partial charge is 0.293 e. The van der Waals surface area contributed by atoms with E-state index in [2.05, 4.69) is 0 Å². The summed E-state index contributed by atoms with van der Waals surface area (Å²) < 4.78 is 0. The zero-order valence-corrected chi connectivity index (χ0v) is 15.6. The number of phenols is 1. The Labute approximate surface area is 163 Å². The summed E-state index contributed by atoms with van der Waals surface area (Å²) in [4.78, 5) is 26.1. The number of imide groups is 1. The minimum atomic E-state index is -0.412. The van der Waals surface area contributed by atoms with Crippen LogP contribution >= 0.6 is 46.6 Å². The molecule has 0 unspecified atom stereocenters. The van der Waals surface area contributed by atoms with E-state index in [0.717, 1.165) is 16.7 Å². The Morgan fingerprint density at radius 2 is 1.80 bits per heavy atom. The first-order chi connectivity index (χ1) is 11.8. The van der Waals surface area contributed by atoms with Crippen molar-refractivity contribution < 1.29 is 14.7 Å². The van der Waals surface area contributed by atoms with Gasteiger partial charge in [-0.25, -0.2) is 0 Å². The number of phenolic OH excluding ortho intramolecular Hbond substituents is 1. The molecule has 25 heavy (non-hydrogen) atoms. The standard InChI is InChI=1S/C17H10Cl3NO3S/c18-11-3-2-10(12(19)7-11)8-21-16(23)15(25-17(21)24)6-9-1-4-14(22)13(20)5-9/h1-7,22H,8H2/b15-6+. The van der Waals surface area contributed by atoms with Crippen LogP contribution in [0.25, 0.3) is 6.08 Å². The fraction of sp³-hybridized carbons (Fsp3) is 0.0588. The first kappa shape index (κ1) is 18.1. The summed E-state index contributed by atoms with van der Waals surface area (Å²) in [6.45, 7) is 0.0638. The molecular weight excluding hydrogens is 405 g/mol. The molecule has 0 aliphatic carbocycles. The molecule has 0 bridgehead atoms. The molecule has 0 spiro atoms. The number of amides is 2. The molecule has 2 amide bonds. The molecule has 8 heteroatoms. The predicted molar refractivity (Wildman–Crippen MR) is 101 cm³/mol. The zero-order chi connectivity index (χ0) is 18.1. The lowest BCUT2D eigenvalue weighted by molar-refractivity contribution is -0.123. The number of hydrogen-bond acceptors (Lipinski definition) is 4. The van der Waals surface area contributed by atoms with Gasteiger partial charge >= 0.3 is 0 Å². The van der Waals surface area contributed by atoms with E-state index in [-0.39, 0.29) is 27.5 Å². The average Bonchev–Trinajstić information content (AvgIpc) is 2.81. The number of thioether (sulfide) groups is 1. The first-order valence-corrected chi connectivity index (χ1v) is 8.98. The van der Waals surface area contributed by atoms with Crippen molar-refractivity contribution in [3.8, 4) is 5.75 Å². The molecular formula is C17H10Cl3NO3S. The van der Waals surface area contributed by atoms with Gasteiger partial charge in [0.2, 0.25) is 0 Å². The van der Waals surface area contributed by atoms with Gasteiger partial charge in [0.05, 0.1) is 16.5 Å². The number of aromatic hydroxyl groups is 1. The number of benzene rings is 2. The van der Waals surface area contributed by atoms with Gasteiger partial charge in [-0.1, -0.05) is 46.9 Å². The molecule has 3 rings (SSSR count). The topological polar surface area (TPSA) is 57.6 Å². The minimum absolute atomic E-state index is 0.0516. The van der Waals surface area contributed by atoms with Crippen molar-refractivity contribution in [1.29, 1.82) is 0 Å². The summed E-state index contributed by atoms with van der Waals surface area (Å²) >= 11 is 18.7. The molecule has 1 saturated heterocycles. The molecule has 2 aromatic rings. The maximum atomic E-state index is 12.5. The Balaban J connectivity index is 1.84. The maximum absolute atomic E-state index is 12.5. The normalized spacial score (nSPS) is 16.1. The highest BCUT2D eigenvalue weighted by molar-refractivity contribution is 8.18. The molecule has 4 nitrogen and oxygen atoms in total. The predicted octanol–water partition coefficient (Wildman–Crippen LogP) is 5.59. The monoisotopic (exact) mass is 413 g/mol. The van der Waals surface area contributed by atoms with Crippen LogP contribution in [-0.2, 0) is 11.3 Å². The van der Waals surface area contributed by atoms with Gasteiger partial charge in [-0.15, -0.1) is 0 Å². The van der Waals surface area contributed by atoms with Gasteiger partial charge in [0.1, 0.15) is 5.75 Å². The Morgan fingerprint density at radius 3 is 2.48 bits per heavy atom. The summed E-state index contributed by atoms with van der Waals surface area (Å²) in [5.74, 6) is -0.463. The average molecular weight is 415 g/mol. The van der Waals surface area contributed by atoms with Gasteiger partial charge in [-0.3, -0.25) is 14.5 Å².